The van der Waals surface area contributed by atoms with E-state index < -0.39 is 28.5 Å². The van der Waals surface area contributed by atoms with Crippen molar-refractivity contribution in [3.63, 3.8) is 0 Å². The number of amides is 1. The molecule has 1 aliphatic carbocycles. The number of nitrogens with zero attached hydrogens (tertiary/aromatic N) is 3. The molecule has 1 aliphatic heterocycles. The van der Waals surface area contributed by atoms with Gasteiger partial charge in [0.25, 0.3) is 11.6 Å². The van der Waals surface area contributed by atoms with E-state index in [-0.39, 0.29) is 23.7 Å². The van der Waals surface area contributed by atoms with Gasteiger partial charge in [0.05, 0.1) is 11.0 Å². The highest BCUT2D eigenvalue weighted by Gasteiger charge is 2.39. The molecule has 2 aliphatic rings. The number of hydrogen-bond acceptors (Lipinski definition) is 6. The van der Waals surface area contributed by atoms with Crippen LogP contribution in [0.1, 0.15) is 43.2 Å². The van der Waals surface area contributed by atoms with Gasteiger partial charge in [-0.25, -0.2) is 0 Å². The Labute approximate surface area is 231 Å². The summed E-state index contributed by atoms with van der Waals surface area (Å²) in [7, 11) is 0. The molecule has 216 valence electrons. The number of benzene rings is 2. The van der Waals surface area contributed by atoms with Crippen LogP contribution in [-0.4, -0.2) is 60.2 Å². The van der Waals surface area contributed by atoms with Crippen LogP contribution in [0.15, 0.2) is 55.1 Å². The monoisotopic (exact) mass is 560 g/mol. The van der Waals surface area contributed by atoms with Gasteiger partial charge < -0.3 is 19.9 Å². The summed E-state index contributed by atoms with van der Waals surface area (Å²) in [6.45, 7) is 8.54. The third-order valence-corrected chi connectivity index (χ3v) is 7.55. The molecule has 1 unspecified atom stereocenters. The molecule has 0 aromatic heterocycles. The van der Waals surface area contributed by atoms with E-state index in [0.717, 1.165) is 30.9 Å². The summed E-state index contributed by atoms with van der Waals surface area (Å²) in [4.78, 5) is 27.4. The maximum atomic E-state index is 13.3. The maximum Gasteiger partial charge on any atom is 0.423 e. The number of halogens is 3. The minimum atomic E-state index is -4.83. The van der Waals surface area contributed by atoms with Gasteiger partial charge in [-0.1, -0.05) is 23.8 Å². The number of ether oxygens (including phenoxy) is 1. The molecule has 1 saturated carbocycles. The number of nitrogens with one attached hydrogen (secondary N) is 1. The van der Waals surface area contributed by atoms with E-state index in [1.165, 1.54) is 11.6 Å². The Morgan fingerprint density at radius 1 is 1.12 bits per heavy atom. The second-order valence-corrected chi connectivity index (χ2v) is 10.4. The minimum absolute atomic E-state index is 0.0470. The van der Waals surface area contributed by atoms with Crippen LogP contribution in [0.25, 0.3) is 0 Å². The van der Waals surface area contributed by atoms with E-state index in [0.29, 0.717) is 45.2 Å². The third-order valence-electron chi connectivity index (χ3n) is 7.55. The van der Waals surface area contributed by atoms with Crippen molar-refractivity contribution >= 4 is 23.0 Å². The SMILES string of the molecule is C=CCC(OC1CCC(Nc2ccc([N+](=O)[O-])c(C(F)(F)F)c2)CC1)C(=O)N1CCN(c2ccc(C)cc2)CC1. The lowest BCUT2D eigenvalue weighted by molar-refractivity contribution is -0.388. The van der Waals surface area contributed by atoms with Crippen LogP contribution in [-0.2, 0) is 15.7 Å². The molecule has 0 bridgehead atoms. The first-order valence-corrected chi connectivity index (χ1v) is 13.5. The van der Waals surface area contributed by atoms with Gasteiger partial charge in [-0.05, 0) is 56.9 Å². The lowest BCUT2D eigenvalue weighted by Crippen LogP contribution is -2.52. The van der Waals surface area contributed by atoms with Crippen LogP contribution >= 0.6 is 0 Å². The van der Waals surface area contributed by atoms with Gasteiger partial charge in [-0.15, -0.1) is 6.58 Å². The van der Waals surface area contributed by atoms with E-state index in [2.05, 4.69) is 48.0 Å². The molecule has 1 atom stereocenters. The molecule has 2 fully saturated rings. The van der Waals surface area contributed by atoms with Crippen LogP contribution in [0, 0.1) is 17.0 Å². The molecule has 0 spiro atoms. The number of hydrogen-bond donors (Lipinski definition) is 1. The second-order valence-electron chi connectivity index (χ2n) is 10.4. The Kier molecular flexibility index (Phi) is 9.34. The molecule has 2 aromatic rings. The first-order valence-electron chi connectivity index (χ1n) is 13.5. The zero-order valence-corrected chi connectivity index (χ0v) is 22.5. The number of alkyl halides is 3. The number of piperazine rings is 1. The maximum absolute atomic E-state index is 13.3. The molecule has 1 N–H and O–H groups in total. The largest absolute Gasteiger partial charge is 0.423 e. The van der Waals surface area contributed by atoms with Gasteiger partial charge in [0.1, 0.15) is 11.7 Å². The normalized spacial score (nSPS) is 20.6. The molecule has 40 heavy (non-hydrogen) atoms. The Hall–Kier alpha value is -3.60. The highest BCUT2D eigenvalue weighted by Crippen LogP contribution is 2.38. The summed E-state index contributed by atoms with van der Waals surface area (Å²) < 4.78 is 46.2. The Morgan fingerprint density at radius 2 is 1.77 bits per heavy atom. The molecular formula is C29H35F3N4O4. The minimum Gasteiger partial charge on any atom is -0.382 e. The predicted molar refractivity (Wildman–Crippen MR) is 147 cm³/mol. The smallest absolute Gasteiger partial charge is 0.382 e. The number of anilines is 2. The molecule has 4 rings (SSSR count). The van der Waals surface area contributed by atoms with Gasteiger partial charge in [0.2, 0.25) is 0 Å². The first-order chi connectivity index (χ1) is 19.0. The Balaban J connectivity index is 1.29. The molecule has 0 radical (unpaired) electrons. The van der Waals surface area contributed by atoms with Crippen molar-refractivity contribution < 1.29 is 27.6 Å². The summed E-state index contributed by atoms with van der Waals surface area (Å²) in [5, 5.41) is 14.1. The fourth-order valence-corrected chi connectivity index (χ4v) is 5.33. The van der Waals surface area contributed by atoms with E-state index in [9.17, 15) is 28.1 Å². The number of carbonyl (C=O) groups excluding carboxylic acids is 1. The van der Waals surface area contributed by atoms with Crippen LogP contribution in [0.3, 0.4) is 0 Å². The van der Waals surface area contributed by atoms with Gasteiger partial charge in [-0.2, -0.15) is 13.2 Å². The lowest BCUT2D eigenvalue weighted by Gasteiger charge is -2.38. The highest BCUT2D eigenvalue weighted by molar-refractivity contribution is 5.81. The molecule has 11 heteroatoms. The van der Waals surface area contributed by atoms with Crippen LogP contribution < -0.4 is 10.2 Å². The fraction of sp³-hybridized carbons (Fsp3) is 0.483. The van der Waals surface area contributed by atoms with Gasteiger partial charge in [-0.3, -0.25) is 14.9 Å². The first kappa shape index (κ1) is 29.4. The summed E-state index contributed by atoms with van der Waals surface area (Å²) in [5.74, 6) is -0.0470. The molecule has 1 heterocycles. The van der Waals surface area contributed by atoms with Crippen molar-refractivity contribution in [3.8, 4) is 0 Å². The Bertz CT molecular complexity index is 1190. The lowest BCUT2D eigenvalue weighted by atomic mass is 9.92. The zero-order chi connectivity index (χ0) is 28.9. The van der Waals surface area contributed by atoms with Crippen molar-refractivity contribution in [2.24, 2.45) is 0 Å². The molecule has 8 nitrogen and oxygen atoms in total. The van der Waals surface area contributed by atoms with Crippen LogP contribution in [0.2, 0.25) is 0 Å². The summed E-state index contributed by atoms with van der Waals surface area (Å²) in [6.07, 6.45) is -0.974. The van der Waals surface area contributed by atoms with Crippen LogP contribution in [0.5, 0.6) is 0 Å². The average Bonchev–Trinajstić information content (AvgIpc) is 2.93. The topological polar surface area (TPSA) is 87.9 Å². The van der Waals surface area contributed by atoms with Crippen molar-refractivity contribution in [2.45, 2.75) is 63.5 Å². The summed E-state index contributed by atoms with van der Waals surface area (Å²) in [5.41, 5.74) is 0.292. The van der Waals surface area contributed by atoms with Crippen molar-refractivity contribution in [2.75, 3.05) is 36.4 Å². The van der Waals surface area contributed by atoms with Crippen molar-refractivity contribution in [1.82, 2.24) is 4.90 Å². The third kappa shape index (κ3) is 7.32. The van der Waals surface area contributed by atoms with E-state index in [1.807, 2.05) is 4.90 Å². The van der Waals surface area contributed by atoms with Crippen molar-refractivity contribution in [3.05, 3.63) is 76.4 Å². The van der Waals surface area contributed by atoms with E-state index in [1.54, 1.807) is 6.08 Å². The molecule has 1 saturated heterocycles. The molecule has 2 aromatic carbocycles. The Morgan fingerprint density at radius 3 is 2.35 bits per heavy atom. The predicted octanol–water partition coefficient (Wildman–Crippen LogP) is 5.96. The molecule has 1 amide bonds. The summed E-state index contributed by atoms with van der Waals surface area (Å²) in [6, 6.07) is 11.2. The fourth-order valence-electron chi connectivity index (χ4n) is 5.33. The highest BCUT2D eigenvalue weighted by atomic mass is 19.4. The van der Waals surface area contributed by atoms with Crippen molar-refractivity contribution in [1.29, 1.82) is 0 Å². The number of aryl methyl sites for hydroxylation is 1. The van der Waals surface area contributed by atoms with E-state index >= 15 is 0 Å². The number of nitro groups is 1. The van der Waals surface area contributed by atoms with Gasteiger partial charge >= 0.3 is 6.18 Å². The van der Waals surface area contributed by atoms with E-state index in [4.69, 9.17) is 4.74 Å². The summed E-state index contributed by atoms with van der Waals surface area (Å²) >= 11 is 0. The average molecular weight is 561 g/mol. The molecular weight excluding hydrogens is 525 g/mol. The number of carbonyl (C=O) groups is 1. The van der Waals surface area contributed by atoms with Crippen LogP contribution in [0.4, 0.5) is 30.2 Å². The number of nitro benzene ring substituents is 1. The van der Waals surface area contributed by atoms with Gasteiger partial charge in [0.15, 0.2) is 0 Å². The zero-order valence-electron chi connectivity index (χ0n) is 22.5. The number of rotatable bonds is 9. The van der Waals surface area contributed by atoms with Gasteiger partial charge in [0, 0.05) is 56.1 Å². The standard InChI is InChI=1S/C29H35F3N4O4/c1-3-4-27(28(37)35-17-15-34(16-18-35)23-10-5-20(2)6-11-23)40-24-12-7-21(8-13-24)33-22-9-14-26(36(38)39)25(19-22)29(30,31)32/h3,5-6,9-11,14,19,21,24,27,33H,1,4,7-8,12-13,15-18H2,2H3. The second kappa shape index (κ2) is 12.7. The quantitative estimate of drug-likeness (QED) is 0.232.